The molecule has 3 rings (SSSR count). The van der Waals surface area contributed by atoms with Gasteiger partial charge in [-0.2, -0.15) is 5.26 Å². The molecule has 0 aliphatic rings. The van der Waals surface area contributed by atoms with Crippen LogP contribution in [0.3, 0.4) is 0 Å². The van der Waals surface area contributed by atoms with Gasteiger partial charge in [-0.05, 0) is 46.3 Å². The second-order valence-corrected chi connectivity index (χ2v) is 5.63. The van der Waals surface area contributed by atoms with Gasteiger partial charge in [0, 0.05) is 16.9 Å². The fraction of sp³-hybridized carbons (Fsp3) is 0. The molecule has 0 fully saturated rings. The van der Waals surface area contributed by atoms with Crippen LogP contribution < -0.4 is 5.32 Å². The number of hydrogen-bond acceptors (Lipinski definition) is 4. The van der Waals surface area contributed by atoms with Gasteiger partial charge in [-0.15, -0.1) is 0 Å². The van der Waals surface area contributed by atoms with E-state index in [2.05, 4.69) is 37.3 Å². The number of pyridine rings is 2. The maximum absolute atomic E-state index is 8.86. The van der Waals surface area contributed by atoms with Gasteiger partial charge in [0.15, 0.2) is 0 Å². The molecule has 2 heterocycles. The zero-order valence-corrected chi connectivity index (χ0v) is 13.0. The Morgan fingerprint density at radius 3 is 2.76 bits per heavy atom. The molecule has 0 spiro atoms. The highest BCUT2D eigenvalue weighted by Crippen LogP contribution is 2.29. The molecular formula is C15H8BrClN4. The van der Waals surface area contributed by atoms with Crippen LogP contribution in [-0.2, 0) is 0 Å². The molecule has 0 saturated carbocycles. The van der Waals surface area contributed by atoms with Crippen molar-refractivity contribution in [2.45, 2.75) is 0 Å². The molecule has 21 heavy (non-hydrogen) atoms. The summed E-state index contributed by atoms with van der Waals surface area (Å²) in [7, 11) is 0. The smallest absolute Gasteiger partial charge is 0.112 e. The summed E-state index contributed by atoms with van der Waals surface area (Å²) in [6.45, 7) is 0. The number of benzene rings is 1. The van der Waals surface area contributed by atoms with E-state index >= 15 is 0 Å². The summed E-state index contributed by atoms with van der Waals surface area (Å²) in [5, 5.41) is 12.6. The molecule has 4 nitrogen and oxygen atoms in total. The molecule has 6 heteroatoms. The minimum Gasteiger partial charge on any atom is -0.352 e. The highest BCUT2D eigenvalue weighted by Gasteiger charge is 2.07. The van der Waals surface area contributed by atoms with E-state index in [1.807, 2.05) is 12.1 Å². The molecule has 0 unspecified atom stereocenters. The third-order valence-electron chi connectivity index (χ3n) is 2.91. The van der Waals surface area contributed by atoms with Gasteiger partial charge in [-0.3, -0.25) is 9.97 Å². The van der Waals surface area contributed by atoms with E-state index < -0.39 is 0 Å². The van der Waals surface area contributed by atoms with Gasteiger partial charge in [-0.1, -0.05) is 11.6 Å². The van der Waals surface area contributed by atoms with Crippen molar-refractivity contribution < 1.29 is 0 Å². The summed E-state index contributed by atoms with van der Waals surface area (Å²) >= 11 is 9.55. The molecule has 0 bridgehead atoms. The van der Waals surface area contributed by atoms with E-state index in [0.29, 0.717) is 16.3 Å². The Bertz CT molecular complexity index is 873. The first-order valence-corrected chi connectivity index (χ1v) is 7.21. The Kier molecular flexibility index (Phi) is 3.74. The number of nitriles is 1. The molecule has 0 aliphatic carbocycles. The van der Waals surface area contributed by atoms with Crippen LogP contribution in [0.4, 0.5) is 11.4 Å². The third kappa shape index (κ3) is 2.82. The lowest BCUT2D eigenvalue weighted by molar-refractivity contribution is 1.32. The molecule has 0 saturated heterocycles. The Morgan fingerprint density at radius 1 is 1.14 bits per heavy atom. The lowest BCUT2D eigenvalue weighted by Crippen LogP contribution is -1.95. The standard InChI is InChI=1S/C15H8BrClN4/c16-10-6-14-15(20-8-10)13(3-4-19-14)21-12-2-1-9(7-18)5-11(12)17/h1-6,8H,(H,19,21). The predicted molar refractivity (Wildman–Crippen MR) is 86.7 cm³/mol. The van der Waals surface area contributed by atoms with Crippen LogP contribution in [0, 0.1) is 11.3 Å². The highest BCUT2D eigenvalue weighted by atomic mass is 79.9. The number of halogens is 2. The molecule has 3 aromatic rings. The Morgan fingerprint density at radius 2 is 2.00 bits per heavy atom. The van der Waals surface area contributed by atoms with Crippen LogP contribution in [-0.4, -0.2) is 9.97 Å². The number of fused-ring (bicyclic) bond motifs is 1. The predicted octanol–water partition coefficient (Wildman–Crippen LogP) is 4.66. The number of nitrogens with zero attached hydrogens (tertiary/aromatic N) is 3. The molecule has 1 aromatic carbocycles. The molecule has 0 radical (unpaired) electrons. The van der Waals surface area contributed by atoms with Crippen molar-refractivity contribution in [2.75, 3.05) is 5.32 Å². The van der Waals surface area contributed by atoms with Gasteiger partial charge in [0.1, 0.15) is 5.52 Å². The van der Waals surface area contributed by atoms with Gasteiger partial charge in [-0.25, -0.2) is 0 Å². The van der Waals surface area contributed by atoms with E-state index in [4.69, 9.17) is 16.9 Å². The SMILES string of the molecule is N#Cc1ccc(Nc2ccnc3cc(Br)cnc23)c(Cl)c1. The van der Waals surface area contributed by atoms with Crippen LogP contribution >= 0.6 is 27.5 Å². The van der Waals surface area contributed by atoms with Gasteiger partial charge in [0.2, 0.25) is 0 Å². The first-order valence-electron chi connectivity index (χ1n) is 6.04. The van der Waals surface area contributed by atoms with Gasteiger partial charge < -0.3 is 5.32 Å². The maximum atomic E-state index is 8.86. The normalized spacial score (nSPS) is 10.3. The molecule has 102 valence electrons. The van der Waals surface area contributed by atoms with Crippen molar-refractivity contribution in [3.63, 3.8) is 0 Å². The van der Waals surface area contributed by atoms with Gasteiger partial charge in [0.05, 0.1) is 33.5 Å². The molecule has 0 aliphatic heterocycles. The van der Waals surface area contributed by atoms with E-state index in [1.54, 1.807) is 30.6 Å². The minimum absolute atomic E-state index is 0.483. The number of aromatic nitrogens is 2. The minimum atomic E-state index is 0.483. The highest BCUT2D eigenvalue weighted by molar-refractivity contribution is 9.10. The van der Waals surface area contributed by atoms with Crippen LogP contribution in [0.5, 0.6) is 0 Å². The summed E-state index contributed by atoms with van der Waals surface area (Å²) in [4.78, 5) is 8.66. The van der Waals surface area contributed by atoms with Gasteiger partial charge >= 0.3 is 0 Å². The molecule has 0 atom stereocenters. The van der Waals surface area contributed by atoms with Crippen molar-refractivity contribution in [1.29, 1.82) is 5.26 Å². The summed E-state index contributed by atoms with van der Waals surface area (Å²) in [5.74, 6) is 0. The van der Waals surface area contributed by atoms with Crippen molar-refractivity contribution in [2.24, 2.45) is 0 Å². The summed E-state index contributed by atoms with van der Waals surface area (Å²) < 4.78 is 0.871. The Hall–Kier alpha value is -2.16. The summed E-state index contributed by atoms with van der Waals surface area (Å²) in [5.41, 5.74) is 3.57. The fourth-order valence-corrected chi connectivity index (χ4v) is 2.48. The second kappa shape index (κ2) is 5.68. The van der Waals surface area contributed by atoms with Crippen molar-refractivity contribution >= 4 is 49.9 Å². The number of rotatable bonds is 2. The first-order chi connectivity index (χ1) is 10.2. The van der Waals surface area contributed by atoms with Crippen LogP contribution in [0.1, 0.15) is 5.56 Å². The van der Waals surface area contributed by atoms with Crippen molar-refractivity contribution in [3.05, 3.63) is 57.8 Å². The van der Waals surface area contributed by atoms with E-state index in [9.17, 15) is 0 Å². The quantitative estimate of drug-likeness (QED) is 0.723. The zero-order valence-electron chi connectivity index (χ0n) is 10.6. The third-order valence-corrected chi connectivity index (χ3v) is 3.66. The molecule has 0 amide bonds. The first kappa shape index (κ1) is 13.8. The lowest BCUT2D eigenvalue weighted by atomic mass is 10.2. The maximum Gasteiger partial charge on any atom is 0.112 e. The van der Waals surface area contributed by atoms with Crippen molar-refractivity contribution in [3.8, 4) is 6.07 Å². The average molecular weight is 360 g/mol. The molecule has 2 aromatic heterocycles. The fourth-order valence-electron chi connectivity index (χ4n) is 1.94. The average Bonchev–Trinajstić information content (AvgIpc) is 2.49. The Balaban J connectivity index is 2.04. The molecular weight excluding hydrogens is 352 g/mol. The zero-order chi connectivity index (χ0) is 14.8. The monoisotopic (exact) mass is 358 g/mol. The summed E-state index contributed by atoms with van der Waals surface area (Å²) in [6.07, 6.45) is 3.42. The number of hydrogen-bond donors (Lipinski definition) is 1. The number of nitrogens with one attached hydrogen (secondary N) is 1. The number of anilines is 2. The van der Waals surface area contributed by atoms with E-state index in [0.717, 1.165) is 21.2 Å². The second-order valence-electron chi connectivity index (χ2n) is 4.31. The Labute approximate surface area is 134 Å². The van der Waals surface area contributed by atoms with Gasteiger partial charge in [0.25, 0.3) is 0 Å². The van der Waals surface area contributed by atoms with Crippen molar-refractivity contribution in [1.82, 2.24) is 9.97 Å². The van der Waals surface area contributed by atoms with Crippen LogP contribution in [0.2, 0.25) is 5.02 Å². The largest absolute Gasteiger partial charge is 0.352 e. The van der Waals surface area contributed by atoms with E-state index in [1.165, 1.54) is 0 Å². The topological polar surface area (TPSA) is 61.6 Å². The summed E-state index contributed by atoms with van der Waals surface area (Å²) in [6, 6.07) is 10.9. The van der Waals surface area contributed by atoms with Crippen LogP contribution in [0.15, 0.2) is 47.2 Å². The van der Waals surface area contributed by atoms with Crippen LogP contribution in [0.25, 0.3) is 11.0 Å². The lowest BCUT2D eigenvalue weighted by Gasteiger charge is -2.10. The molecule has 1 N–H and O–H groups in total. The van der Waals surface area contributed by atoms with E-state index in [-0.39, 0.29) is 0 Å².